The molecule has 0 atom stereocenters. The Kier molecular flexibility index (Phi) is 3.75. The molecule has 1 N–H and O–H groups in total. The summed E-state index contributed by atoms with van der Waals surface area (Å²) in [5.74, 6) is 0. The van der Waals surface area contributed by atoms with Crippen molar-refractivity contribution in [3.63, 3.8) is 0 Å². The molecule has 0 aliphatic carbocycles. The van der Waals surface area contributed by atoms with Gasteiger partial charge in [0.05, 0.1) is 6.10 Å². The van der Waals surface area contributed by atoms with E-state index in [2.05, 4.69) is 5.32 Å². The Labute approximate surface area is 85.0 Å². The zero-order chi connectivity index (χ0) is 10.6. The Morgan fingerprint density at radius 1 is 1.43 bits per heavy atom. The molecule has 0 saturated carbocycles. The van der Waals surface area contributed by atoms with Crippen LogP contribution in [0.1, 0.15) is 33.6 Å². The van der Waals surface area contributed by atoms with Crippen LogP contribution in [-0.2, 0) is 9.47 Å². The van der Waals surface area contributed by atoms with Gasteiger partial charge in [0.1, 0.15) is 0 Å². The van der Waals surface area contributed by atoms with Crippen LogP contribution in [0.5, 0.6) is 0 Å². The summed E-state index contributed by atoms with van der Waals surface area (Å²) >= 11 is 0. The van der Waals surface area contributed by atoms with Gasteiger partial charge in [-0.05, 0) is 33.6 Å². The Morgan fingerprint density at radius 3 is 2.50 bits per heavy atom. The average Bonchev–Trinajstić information content (AvgIpc) is 2.02. The highest BCUT2D eigenvalue weighted by Crippen LogP contribution is 2.19. The fourth-order valence-corrected chi connectivity index (χ4v) is 1.44. The summed E-state index contributed by atoms with van der Waals surface area (Å²) in [7, 11) is 0. The van der Waals surface area contributed by atoms with Crippen LogP contribution < -0.4 is 5.32 Å². The highest BCUT2D eigenvalue weighted by Gasteiger charge is 2.29. The van der Waals surface area contributed by atoms with E-state index in [1.807, 2.05) is 20.8 Å². The summed E-state index contributed by atoms with van der Waals surface area (Å²) < 4.78 is 10.3. The van der Waals surface area contributed by atoms with E-state index < -0.39 is 0 Å². The van der Waals surface area contributed by atoms with E-state index >= 15 is 0 Å². The molecule has 0 aromatic heterocycles. The Hall–Kier alpha value is -0.770. The summed E-state index contributed by atoms with van der Waals surface area (Å²) in [6.45, 7) is 7.12. The normalized spacial score (nSPS) is 20.6. The lowest BCUT2D eigenvalue weighted by Crippen LogP contribution is -2.50. The van der Waals surface area contributed by atoms with Crippen LogP contribution in [0.4, 0.5) is 4.79 Å². The number of rotatable bonds is 2. The molecule has 1 rings (SSSR count). The second-order valence-corrected chi connectivity index (χ2v) is 4.25. The topological polar surface area (TPSA) is 47.6 Å². The Morgan fingerprint density at radius 2 is 2.00 bits per heavy atom. The van der Waals surface area contributed by atoms with Crippen LogP contribution in [0, 0.1) is 0 Å². The maximum atomic E-state index is 11.4. The predicted molar refractivity (Wildman–Crippen MR) is 53.2 cm³/mol. The van der Waals surface area contributed by atoms with Crippen molar-refractivity contribution in [2.75, 3.05) is 13.2 Å². The van der Waals surface area contributed by atoms with E-state index in [1.165, 1.54) is 0 Å². The SMILES string of the molecule is CC(C)OC(=O)NC1(C)CCOCC1. The lowest BCUT2D eigenvalue weighted by Gasteiger charge is -2.34. The van der Waals surface area contributed by atoms with Crippen molar-refractivity contribution >= 4 is 6.09 Å². The second kappa shape index (κ2) is 4.64. The molecular formula is C10H19NO3. The first-order valence-corrected chi connectivity index (χ1v) is 5.08. The summed E-state index contributed by atoms with van der Waals surface area (Å²) in [5.41, 5.74) is -0.162. The smallest absolute Gasteiger partial charge is 0.407 e. The average molecular weight is 201 g/mol. The van der Waals surface area contributed by atoms with Gasteiger partial charge in [-0.25, -0.2) is 4.79 Å². The summed E-state index contributed by atoms with van der Waals surface area (Å²) in [5, 5.41) is 2.89. The minimum atomic E-state index is -0.329. The van der Waals surface area contributed by atoms with E-state index in [4.69, 9.17) is 9.47 Å². The Bertz CT molecular complexity index is 198. The molecule has 4 heteroatoms. The minimum Gasteiger partial charge on any atom is -0.447 e. The van der Waals surface area contributed by atoms with Crippen LogP contribution >= 0.6 is 0 Å². The predicted octanol–water partition coefficient (Wildman–Crippen LogP) is 1.69. The van der Waals surface area contributed by atoms with Gasteiger partial charge in [0, 0.05) is 18.8 Å². The number of nitrogens with one attached hydrogen (secondary N) is 1. The third kappa shape index (κ3) is 3.54. The van der Waals surface area contributed by atoms with Crippen LogP contribution in [0.15, 0.2) is 0 Å². The van der Waals surface area contributed by atoms with E-state index in [0.29, 0.717) is 13.2 Å². The molecular weight excluding hydrogens is 182 g/mol. The summed E-state index contributed by atoms with van der Waals surface area (Å²) in [6.07, 6.45) is 1.29. The first-order chi connectivity index (χ1) is 6.52. The third-order valence-corrected chi connectivity index (χ3v) is 2.34. The molecule has 1 heterocycles. The zero-order valence-corrected chi connectivity index (χ0v) is 9.13. The van der Waals surface area contributed by atoms with Crippen LogP contribution in [0.3, 0.4) is 0 Å². The molecule has 1 fully saturated rings. The molecule has 0 radical (unpaired) electrons. The maximum Gasteiger partial charge on any atom is 0.407 e. The van der Waals surface area contributed by atoms with Gasteiger partial charge in [0.15, 0.2) is 0 Å². The van der Waals surface area contributed by atoms with Gasteiger partial charge in [0.2, 0.25) is 0 Å². The van der Waals surface area contributed by atoms with Gasteiger partial charge in [-0.2, -0.15) is 0 Å². The molecule has 1 saturated heterocycles. The minimum absolute atomic E-state index is 0.0709. The molecule has 0 bridgehead atoms. The summed E-state index contributed by atoms with van der Waals surface area (Å²) in [6, 6.07) is 0. The number of hydrogen-bond donors (Lipinski definition) is 1. The van der Waals surface area contributed by atoms with Crippen LogP contribution in [-0.4, -0.2) is 30.9 Å². The first kappa shape index (κ1) is 11.3. The molecule has 0 aromatic carbocycles. The molecule has 0 unspecified atom stereocenters. The molecule has 1 aliphatic heterocycles. The van der Waals surface area contributed by atoms with Crippen molar-refractivity contribution in [3.8, 4) is 0 Å². The number of ether oxygens (including phenoxy) is 2. The number of carbonyl (C=O) groups is 1. The van der Waals surface area contributed by atoms with E-state index in [-0.39, 0.29) is 17.7 Å². The molecule has 14 heavy (non-hydrogen) atoms. The van der Waals surface area contributed by atoms with Crippen molar-refractivity contribution in [1.29, 1.82) is 0 Å². The number of alkyl carbamates (subject to hydrolysis) is 1. The highest BCUT2D eigenvalue weighted by molar-refractivity contribution is 5.68. The Balaban J connectivity index is 2.37. The van der Waals surface area contributed by atoms with E-state index in [1.54, 1.807) is 0 Å². The van der Waals surface area contributed by atoms with Crippen LogP contribution in [0.2, 0.25) is 0 Å². The molecule has 1 aliphatic rings. The van der Waals surface area contributed by atoms with Crippen molar-refractivity contribution in [3.05, 3.63) is 0 Å². The third-order valence-electron chi connectivity index (χ3n) is 2.34. The molecule has 0 aromatic rings. The largest absolute Gasteiger partial charge is 0.447 e. The summed E-state index contributed by atoms with van der Waals surface area (Å²) in [4.78, 5) is 11.4. The quantitative estimate of drug-likeness (QED) is 0.739. The number of carbonyl (C=O) groups excluding carboxylic acids is 1. The van der Waals surface area contributed by atoms with Gasteiger partial charge in [-0.1, -0.05) is 0 Å². The molecule has 0 spiro atoms. The van der Waals surface area contributed by atoms with Gasteiger partial charge in [-0.3, -0.25) is 0 Å². The van der Waals surface area contributed by atoms with Crippen molar-refractivity contribution < 1.29 is 14.3 Å². The maximum absolute atomic E-state index is 11.4. The van der Waals surface area contributed by atoms with E-state index in [0.717, 1.165) is 12.8 Å². The standard InChI is InChI=1S/C10H19NO3/c1-8(2)14-9(12)11-10(3)4-6-13-7-5-10/h8H,4-7H2,1-3H3,(H,11,12). The monoisotopic (exact) mass is 201 g/mol. The van der Waals surface area contributed by atoms with Gasteiger partial charge < -0.3 is 14.8 Å². The zero-order valence-electron chi connectivity index (χ0n) is 9.13. The lowest BCUT2D eigenvalue weighted by molar-refractivity contribution is 0.0386. The number of hydrogen-bond acceptors (Lipinski definition) is 3. The lowest BCUT2D eigenvalue weighted by atomic mass is 9.93. The molecule has 82 valence electrons. The second-order valence-electron chi connectivity index (χ2n) is 4.25. The fourth-order valence-electron chi connectivity index (χ4n) is 1.44. The van der Waals surface area contributed by atoms with E-state index in [9.17, 15) is 4.79 Å². The van der Waals surface area contributed by atoms with Crippen LogP contribution in [0.25, 0.3) is 0 Å². The van der Waals surface area contributed by atoms with Gasteiger partial charge in [-0.15, -0.1) is 0 Å². The number of amides is 1. The highest BCUT2D eigenvalue weighted by atomic mass is 16.6. The van der Waals surface area contributed by atoms with Gasteiger partial charge in [0.25, 0.3) is 0 Å². The molecule has 4 nitrogen and oxygen atoms in total. The molecule has 1 amide bonds. The first-order valence-electron chi connectivity index (χ1n) is 5.08. The van der Waals surface area contributed by atoms with Crippen molar-refractivity contribution in [2.24, 2.45) is 0 Å². The van der Waals surface area contributed by atoms with Gasteiger partial charge >= 0.3 is 6.09 Å². The van der Waals surface area contributed by atoms with Crippen molar-refractivity contribution in [1.82, 2.24) is 5.32 Å². The fraction of sp³-hybridized carbons (Fsp3) is 0.900. The van der Waals surface area contributed by atoms with Crippen molar-refractivity contribution in [2.45, 2.75) is 45.3 Å².